The predicted molar refractivity (Wildman–Crippen MR) is 86.1 cm³/mol. The van der Waals surface area contributed by atoms with Crippen molar-refractivity contribution in [2.45, 2.75) is 65.9 Å². The van der Waals surface area contributed by atoms with Gasteiger partial charge < -0.3 is 4.74 Å². The lowest BCUT2D eigenvalue weighted by Crippen LogP contribution is -2.40. The van der Waals surface area contributed by atoms with Crippen LogP contribution < -0.4 is 0 Å². The van der Waals surface area contributed by atoms with Gasteiger partial charge in [0.25, 0.3) is 0 Å². The minimum Gasteiger partial charge on any atom is -0.454 e. The smallest absolute Gasteiger partial charge is 0.312 e. The van der Waals surface area contributed by atoms with E-state index in [0.29, 0.717) is 5.92 Å². The number of carbonyl (C=O) groups excluding carboxylic acids is 1. The molecular formula is C19H28O2. The molecule has 1 aliphatic rings. The van der Waals surface area contributed by atoms with Gasteiger partial charge in [-0.2, -0.15) is 0 Å². The molecule has 0 fully saturated rings. The van der Waals surface area contributed by atoms with Crippen molar-refractivity contribution in [1.29, 1.82) is 0 Å². The zero-order chi connectivity index (χ0) is 15.7. The van der Waals surface area contributed by atoms with Crippen molar-refractivity contribution in [1.82, 2.24) is 0 Å². The lowest BCUT2D eigenvalue weighted by atomic mass is 9.76. The number of rotatable bonds is 1. The highest BCUT2D eigenvalue weighted by molar-refractivity contribution is 5.76. The number of hydrogen-bond acceptors (Lipinski definition) is 2. The summed E-state index contributed by atoms with van der Waals surface area (Å²) in [6.07, 6.45) is 4.58. The van der Waals surface area contributed by atoms with Gasteiger partial charge in [0.1, 0.15) is 5.60 Å². The second-order valence-corrected chi connectivity index (χ2v) is 7.55. The molecule has 1 aromatic carbocycles. The van der Waals surface area contributed by atoms with Crippen molar-refractivity contribution in [3.8, 4) is 0 Å². The molecule has 0 spiro atoms. The number of ether oxygens (including phenoxy) is 1. The molecule has 0 radical (unpaired) electrons. The molecule has 0 saturated heterocycles. The molecule has 0 N–H and O–H groups in total. The van der Waals surface area contributed by atoms with Crippen LogP contribution in [0.4, 0.5) is 0 Å². The van der Waals surface area contributed by atoms with Crippen molar-refractivity contribution in [3.05, 3.63) is 35.4 Å². The van der Waals surface area contributed by atoms with Crippen molar-refractivity contribution >= 4 is 5.97 Å². The highest BCUT2D eigenvalue weighted by atomic mass is 16.6. The zero-order valence-electron chi connectivity index (χ0n) is 14.0. The van der Waals surface area contributed by atoms with Crippen LogP contribution in [0.5, 0.6) is 0 Å². The molecule has 2 nitrogen and oxygen atoms in total. The normalized spacial score (nSPS) is 26.4. The topological polar surface area (TPSA) is 26.3 Å². The number of fused-ring (bicyclic) bond motifs is 1. The Morgan fingerprint density at radius 3 is 2.57 bits per heavy atom. The molecule has 2 unspecified atom stereocenters. The van der Waals surface area contributed by atoms with E-state index in [1.165, 1.54) is 24.0 Å². The molecule has 2 atom stereocenters. The Labute approximate surface area is 128 Å². The summed E-state index contributed by atoms with van der Waals surface area (Å²) in [5.41, 5.74) is 1.52. The molecular weight excluding hydrogens is 260 g/mol. The van der Waals surface area contributed by atoms with Crippen molar-refractivity contribution in [3.63, 3.8) is 0 Å². The molecule has 0 bridgehead atoms. The summed E-state index contributed by atoms with van der Waals surface area (Å²) in [4.78, 5) is 12.5. The molecule has 0 saturated carbocycles. The summed E-state index contributed by atoms with van der Waals surface area (Å²) in [5.74, 6) is 0.206. The first-order valence-corrected chi connectivity index (χ1v) is 8.07. The minimum absolute atomic E-state index is 0.118. The summed E-state index contributed by atoms with van der Waals surface area (Å²) in [7, 11) is 0. The van der Waals surface area contributed by atoms with Crippen molar-refractivity contribution in [2.75, 3.05) is 0 Å². The number of carbonyl (C=O) groups is 1. The van der Waals surface area contributed by atoms with E-state index in [1.54, 1.807) is 0 Å². The summed E-state index contributed by atoms with van der Waals surface area (Å²) >= 11 is 0. The standard InChI is InChI=1S/C19H28O2/c1-14-10-6-7-11-15-12-8-9-13-16(15)19(14,5)21-17(20)18(2,3)4/h8-9,12-14H,6-7,10-11H2,1-5H3. The van der Waals surface area contributed by atoms with Crippen LogP contribution in [-0.2, 0) is 21.6 Å². The number of esters is 1. The molecule has 0 aliphatic heterocycles. The Morgan fingerprint density at radius 1 is 1.24 bits per heavy atom. The zero-order valence-corrected chi connectivity index (χ0v) is 14.0. The summed E-state index contributed by atoms with van der Waals surface area (Å²) in [6.45, 7) is 10.0. The lowest BCUT2D eigenvalue weighted by Gasteiger charge is -2.40. The summed E-state index contributed by atoms with van der Waals surface area (Å²) in [5, 5.41) is 0. The average molecular weight is 288 g/mol. The lowest BCUT2D eigenvalue weighted by molar-refractivity contribution is -0.175. The molecule has 1 aliphatic carbocycles. The molecule has 0 aromatic heterocycles. The summed E-state index contributed by atoms with van der Waals surface area (Å²) < 4.78 is 6.08. The fourth-order valence-corrected chi connectivity index (χ4v) is 3.03. The van der Waals surface area contributed by atoms with Crippen LogP contribution in [0.2, 0.25) is 0 Å². The fraction of sp³-hybridized carbons (Fsp3) is 0.632. The SMILES string of the molecule is CC1CCCCc2ccccc2C1(C)OC(=O)C(C)(C)C. The molecule has 116 valence electrons. The van der Waals surface area contributed by atoms with Gasteiger partial charge in [-0.3, -0.25) is 4.79 Å². The predicted octanol–water partition coefficient (Wildman–Crippen LogP) is 4.85. The molecule has 1 aromatic rings. The van der Waals surface area contributed by atoms with Crippen molar-refractivity contribution < 1.29 is 9.53 Å². The first kappa shape index (κ1) is 16.1. The first-order valence-electron chi connectivity index (χ1n) is 8.07. The van der Waals surface area contributed by atoms with E-state index >= 15 is 0 Å². The Morgan fingerprint density at radius 2 is 1.90 bits per heavy atom. The van der Waals surface area contributed by atoms with Gasteiger partial charge in [-0.1, -0.05) is 37.6 Å². The van der Waals surface area contributed by atoms with Gasteiger partial charge in [0.2, 0.25) is 0 Å². The van der Waals surface area contributed by atoms with Gasteiger partial charge in [0.15, 0.2) is 0 Å². The molecule has 2 rings (SSSR count). The van der Waals surface area contributed by atoms with E-state index in [4.69, 9.17) is 4.74 Å². The van der Waals surface area contributed by atoms with Crippen LogP contribution in [0.1, 0.15) is 65.0 Å². The maximum Gasteiger partial charge on any atom is 0.312 e. The van der Waals surface area contributed by atoms with E-state index < -0.39 is 11.0 Å². The highest BCUT2D eigenvalue weighted by Gasteiger charge is 2.41. The maximum atomic E-state index is 12.5. The van der Waals surface area contributed by atoms with Gasteiger partial charge in [-0.25, -0.2) is 0 Å². The first-order chi connectivity index (χ1) is 9.75. The maximum absolute atomic E-state index is 12.5. The summed E-state index contributed by atoms with van der Waals surface area (Å²) in [6, 6.07) is 8.44. The Balaban J connectivity index is 2.44. The van der Waals surface area contributed by atoms with Crippen LogP contribution in [0, 0.1) is 11.3 Å². The third-order valence-electron chi connectivity index (χ3n) is 4.74. The monoisotopic (exact) mass is 288 g/mol. The van der Waals surface area contributed by atoms with E-state index in [1.807, 2.05) is 20.8 Å². The van der Waals surface area contributed by atoms with Crippen LogP contribution in [0.3, 0.4) is 0 Å². The third-order valence-corrected chi connectivity index (χ3v) is 4.74. The quantitative estimate of drug-likeness (QED) is 0.690. The Kier molecular flexibility index (Phi) is 4.46. The molecule has 0 amide bonds. The van der Waals surface area contributed by atoms with Crippen LogP contribution >= 0.6 is 0 Å². The minimum atomic E-state index is -0.526. The largest absolute Gasteiger partial charge is 0.454 e. The van der Waals surface area contributed by atoms with Crippen LogP contribution in [-0.4, -0.2) is 5.97 Å². The van der Waals surface area contributed by atoms with Crippen LogP contribution in [0.15, 0.2) is 24.3 Å². The van der Waals surface area contributed by atoms with Crippen molar-refractivity contribution in [2.24, 2.45) is 11.3 Å². The molecule has 2 heteroatoms. The van der Waals surface area contributed by atoms with Gasteiger partial charge in [-0.15, -0.1) is 0 Å². The Hall–Kier alpha value is -1.31. The molecule has 21 heavy (non-hydrogen) atoms. The van der Waals surface area contributed by atoms with Gasteiger partial charge in [0.05, 0.1) is 5.41 Å². The van der Waals surface area contributed by atoms with Gasteiger partial charge in [0, 0.05) is 0 Å². The Bertz CT molecular complexity index is 513. The van der Waals surface area contributed by atoms with Gasteiger partial charge in [-0.05, 0) is 64.0 Å². The number of benzene rings is 1. The van der Waals surface area contributed by atoms with Gasteiger partial charge >= 0.3 is 5.97 Å². The number of aryl methyl sites for hydroxylation is 1. The van der Waals surface area contributed by atoms with Crippen LogP contribution in [0.25, 0.3) is 0 Å². The van der Waals surface area contributed by atoms with E-state index in [-0.39, 0.29) is 5.97 Å². The van der Waals surface area contributed by atoms with E-state index in [9.17, 15) is 4.79 Å². The second-order valence-electron chi connectivity index (χ2n) is 7.55. The third kappa shape index (κ3) is 3.30. The molecule has 0 heterocycles. The average Bonchev–Trinajstić information content (AvgIpc) is 2.41. The number of hydrogen-bond donors (Lipinski definition) is 0. The highest BCUT2D eigenvalue weighted by Crippen LogP contribution is 2.41. The van der Waals surface area contributed by atoms with E-state index in [2.05, 4.69) is 38.1 Å². The second kappa shape index (κ2) is 5.82. The fourth-order valence-electron chi connectivity index (χ4n) is 3.03. The van der Waals surface area contributed by atoms with E-state index in [0.717, 1.165) is 12.8 Å².